The van der Waals surface area contributed by atoms with E-state index in [1.165, 1.54) is 12.0 Å². The molecule has 2 aromatic rings. The Labute approximate surface area is 154 Å². The molecule has 8 heteroatoms. The quantitative estimate of drug-likeness (QED) is 0.865. The molecule has 0 radical (unpaired) electrons. The maximum atomic E-state index is 13.2. The number of alkyl halides is 3. The SMILES string of the molecule is COc1cc2ccc(NC(=O)N3CC4CC4(C(F)(F)F)C3)cc2cc1OC. The summed E-state index contributed by atoms with van der Waals surface area (Å²) in [6.07, 6.45) is -4.14. The first-order valence-electron chi connectivity index (χ1n) is 8.56. The van der Waals surface area contributed by atoms with Gasteiger partial charge in [0.25, 0.3) is 0 Å². The van der Waals surface area contributed by atoms with Gasteiger partial charge in [-0.05, 0) is 47.4 Å². The topological polar surface area (TPSA) is 50.8 Å². The first kappa shape index (κ1) is 17.8. The predicted molar refractivity (Wildman–Crippen MR) is 94.2 cm³/mol. The van der Waals surface area contributed by atoms with Crippen LogP contribution in [0.15, 0.2) is 30.3 Å². The van der Waals surface area contributed by atoms with Crippen molar-refractivity contribution in [2.45, 2.75) is 12.6 Å². The molecule has 2 aliphatic rings. The lowest BCUT2D eigenvalue weighted by molar-refractivity contribution is -0.187. The van der Waals surface area contributed by atoms with Gasteiger partial charge in [-0.1, -0.05) is 6.07 Å². The van der Waals surface area contributed by atoms with E-state index >= 15 is 0 Å². The van der Waals surface area contributed by atoms with E-state index in [0.717, 1.165) is 10.8 Å². The number of methoxy groups -OCH3 is 2. The predicted octanol–water partition coefficient (Wildman–Crippen LogP) is 4.27. The number of carbonyl (C=O) groups is 1. The molecular formula is C19H19F3N2O3. The number of hydrogen-bond acceptors (Lipinski definition) is 3. The van der Waals surface area contributed by atoms with Crippen molar-refractivity contribution in [3.8, 4) is 11.5 Å². The Morgan fingerprint density at radius 1 is 1.15 bits per heavy atom. The van der Waals surface area contributed by atoms with E-state index < -0.39 is 23.5 Å². The molecule has 1 saturated heterocycles. The summed E-state index contributed by atoms with van der Waals surface area (Å²) in [5, 5.41) is 4.41. The van der Waals surface area contributed by atoms with Crippen LogP contribution >= 0.6 is 0 Å². The number of carbonyl (C=O) groups excluding carboxylic acids is 1. The molecule has 2 unspecified atom stereocenters. The zero-order chi connectivity index (χ0) is 19.4. The monoisotopic (exact) mass is 380 g/mol. The number of halogens is 3. The highest BCUT2D eigenvalue weighted by Crippen LogP contribution is 2.66. The lowest BCUT2D eigenvalue weighted by atomic mass is 10.1. The van der Waals surface area contributed by atoms with Gasteiger partial charge in [0.05, 0.1) is 19.6 Å². The zero-order valence-corrected chi connectivity index (χ0v) is 14.9. The molecule has 1 saturated carbocycles. The molecule has 2 fully saturated rings. The number of amides is 2. The van der Waals surface area contributed by atoms with Crippen LogP contribution in [0, 0.1) is 11.3 Å². The molecule has 144 valence electrons. The molecule has 0 bridgehead atoms. The molecule has 2 atom stereocenters. The number of ether oxygens (including phenoxy) is 2. The minimum absolute atomic E-state index is 0.123. The van der Waals surface area contributed by atoms with E-state index in [9.17, 15) is 18.0 Å². The number of nitrogens with zero attached hydrogens (tertiary/aromatic N) is 1. The van der Waals surface area contributed by atoms with Crippen molar-refractivity contribution in [3.05, 3.63) is 30.3 Å². The Hall–Kier alpha value is -2.64. The van der Waals surface area contributed by atoms with Crippen LogP contribution in [0.4, 0.5) is 23.7 Å². The molecule has 1 heterocycles. The van der Waals surface area contributed by atoms with Crippen molar-refractivity contribution in [2.75, 3.05) is 32.6 Å². The van der Waals surface area contributed by atoms with Crippen LogP contribution in [-0.2, 0) is 0 Å². The van der Waals surface area contributed by atoms with E-state index in [1.54, 1.807) is 25.3 Å². The summed E-state index contributed by atoms with van der Waals surface area (Å²) in [6.45, 7) is -0.129. The largest absolute Gasteiger partial charge is 0.493 e. The smallest absolute Gasteiger partial charge is 0.396 e. The third-order valence-electron chi connectivity index (χ3n) is 5.59. The van der Waals surface area contributed by atoms with Gasteiger partial charge in [-0.2, -0.15) is 13.2 Å². The summed E-state index contributed by atoms with van der Waals surface area (Å²) < 4.78 is 50.1. The number of rotatable bonds is 3. The van der Waals surface area contributed by atoms with Gasteiger partial charge in [-0.3, -0.25) is 0 Å². The number of benzene rings is 2. The molecule has 4 rings (SSSR count). The summed E-state index contributed by atoms with van der Waals surface area (Å²) in [5.74, 6) is 0.673. The van der Waals surface area contributed by atoms with Crippen LogP contribution in [0.3, 0.4) is 0 Å². The highest BCUT2D eigenvalue weighted by molar-refractivity contribution is 5.94. The summed E-state index contributed by atoms with van der Waals surface area (Å²) in [5.41, 5.74) is -1.18. The van der Waals surface area contributed by atoms with Crippen molar-refractivity contribution in [3.63, 3.8) is 0 Å². The number of piperidine rings is 1. The van der Waals surface area contributed by atoms with Crippen molar-refractivity contribution in [2.24, 2.45) is 11.3 Å². The van der Waals surface area contributed by atoms with Gasteiger partial charge in [0.1, 0.15) is 0 Å². The van der Waals surface area contributed by atoms with E-state index in [2.05, 4.69) is 5.32 Å². The number of urea groups is 1. The van der Waals surface area contributed by atoms with Crippen molar-refractivity contribution < 1.29 is 27.4 Å². The molecule has 2 aromatic carbocycles. The minimum Gasteiger partial charge on any atom is -0.493 e. The second-order valence-corrected chi connectivity index (χ2v) is 7.13. The van der Waals surface area contributed by atoms with Gasteiger partial charge in [-0.25, -0.2) is 4.79 Å². The Kier molecular flexibility index (Phi) is 3.90. The number of nitrogens with one attached hydrogen (secondary N) is 1. The first-order chi connectivity index (χ1) is 12.8. The van der Waals surface area contributed by atoms with E-state index in [4.69, 9.17) is 9.47 Å². The van der Waals surface area contributed by atoms with Crippen LogP contribution in [0.5, 0.6) is 11.5 Å². The van der Waals surface area contributed by atoms with Gasteiger partial charge in [0.15, 0.2) is 11.5 Å². The van der Waals surface area contributed by atoms with Crippen LogP contribution in [-0.4, -0.2) is 44.4 Å². The molecule has 5 nitrogen and oxygen atoms in total. The summed E-state index contributed by atoms with van der Waals surface area (Å²) in [6, 6.07) is 8.37. The number of anilines is 1. The third kappa shape index (κ3) is 2.83. The molecule has 2 amide bonds. The van der Waals surface area contributed by atoms with Crippen molar-refractivity contribution in [1.82, 2.24) is 4.90 Å². The molecular weight excluding hydrogens is 361 g/mol. The maximum Gasteiger partial charge on any atom is 0.396 e. The van der Waals surface area contributed by atoms with Crippen LogP contribution < -0.4 is 14.8 Å². The second kappa shape index (κ2) is 5.94. The van der Waals surface area contributed by atoms with Gasteiger partial charge in [0.2, 0.25) is 0 Å². The maximum absolute atomic E-state index is 13.2. The number of likely N-dealkylation sites (tertiary alicyclic amines) is 1. The zero-order valence-electron chi connectivity index (χ0n) is 14.9. The fraction of sp³-hybridized carbons (Fsp3) is 0.421. The molecule has 1 aliphatic carbocycles. The van der Waals surface area contributed by atoms with Gasteiger partial charge in [0, 0.05) is 18.8 Å². The van der Waals surface area contributed by atoms with Crippen LogP contribution in [0.1, 0.15) is 6.42 Å². The summed E-state index contributed by atoms with van der Waals surface area (Å²) >= 11 is 0. The normalized spacial score (nSPS) is 23.9. The van der Waals surface area contributed by atoms with Crippen molar-refractivity contribution in [1.29, 1.82) is 0 Å². The highest BCUT2D eigenvalue weighted by Gasteiger charge is 2.74. The van der Waals surface area contributed by atoms with E-state index in [1.807, 2.05) is 12.1 Å². The number of hydrogen-bond donors (Lipinski definition) is 1. The first-order valence-corrected chi connectivity index (χ1v) is 8.56. The van der Waals surface area contributed by atoms with Gasteiger partial charge in [-0.15, -0.1) is 0 Å². The molecule has 0 spiro atoms. The molecule has 27 heavy (non-hydrogen) atoms. The standard InChI is InChI=1S/C19H19F3N2O3/c1-26-15-6-11-3-4-14(5-12(11)7-16(15)27-2)23-17(25)24-9-13-8-18(13,10-24)19(20,21)22/h3-7,13H,8-10H2,1-2H3,(H,23,25). The summed E-state index contributed by atoms with van der Waals surface area (Å²) in [4.78, 5) is 13.7. The van der Waals surface area contributed by atoms with E-state index in [0.29, 0.717) is 17.2 Å². The summed E-state index contributed by atoms with van der Waals surface area (Å²) in [7, 11) is 3.08. The molecule has 1 aliphatic heterocycles. The Morgan fingerprint density at radius 3 is 2.41 bits per heavy atom. The van der Waals surface area contributed by atoms with Crippen LogP contribution in [0.2, 0.25) is 0 Å². The Bertz CT molecular complexity index is 915. The number of fused-ring (bicyclic) bond motifs is 2. The minimum atomic E-state index is -4.26. The Morgan fingerprint density at radius 2 is 1.81 bits per heavy atom. The second-order valence-electron chi connectivity index (χ2n) is 7.13. The van der Waals surface area contributed by atoms with Crippen LogP contribution in [0.25, 0.3) is 10.8 Å². The average molecular weight is 380 g/mol. The third-order valence-corrected chi connectivity index (χ3v) is 5.59. The fourth-order valence-corrected chi connectivity index (χ4v) is 3.93. The van der Waals surface area contributed by atoms with Gasteiger partial charge >= 0.3 is 12.2 Å². The fourth-order valence-electron chi connectivity index (χ4n) is 3.93. The molecule has 0 aromatic heterocycles. The molecule has 1 N–H and O–H groups in total. The Balaban J connectivity index is 1.51. The lowest BCUT2D eigenvalue weighted by Gasteiger charge is -2.23. The van der Waals surface area contributed by atoms with Gasteiger partial charge < -0.3 is 19.7 Å². The van der Waals surface area contributed by atoms with E-state index in [-0.39, 0.29) is 19.5 Å². The lowest BCUT2D eigenvalue weighted by Crippen LogP contribution is -2.38. The average Bonchev–Trinajstić information content (AvgIpc) is 3.22. The highest BCUT2D eigenvalue weighted by atomic mass is 19.4. The van der Waals surface area contributed by atoms with Crippen molar-refractivity contribution >= 4 is 22.5 Å².